The third-order valence-electron chi connectivity index (χ3n) is 4.75. The maximum atomic E-state index is 12.8. The van der Waals surface area contributed by atoms with Crippen LogP contribution in [0.3, 0.4) is 0 Å². The number of benzene rings is 2. The van der Waals surface area contributed by atoms with Gasteiger partial charge in [0, 0.05) is 17.0 Å². The SMILES string of the molecule is Cc1ccc2c(c1)OC(C)(C)CC2NC(=O)C(C)Oc1ccc(Cl)c(C)c1. The van der Waals surface area contributed by atoms with Crippen LogP contribution in [0.1, 0.15) is 49.9 Å². The molecule has 1 heterocycles. The van der Waals surface area contributed by atoms with Crippen molar-refractivity contribution in [3.63, 3.8) is 0 Å². The maximum absolute atomic E-state index is 12.8. The van der Waals surface area contributed by atoms with Gasteiger partial charge >= 0.3 is 0 Å². The Morgan fingerprint density at radius 1 is 1.26 bits per heavy atom. The molecule has 0 aromatic heterocycles. The van der Waals surface area contributed by atoms with Crippen molar-refractivity contribution >= 4 is 17.5 Å². The van der Waals surface area contributed by atoms with Gasteiger partial charge in [0.15, 0.2) is 6.10 Å². The zero-order valence-electron chi connectivity index (χ0n) is 16.4. The molecule has 2 unspecified atom stereocenters. The molecule has 0 fully saturated rings. The van der Waals surface area contributed by atoms with Gasteiger partial charge in [0.25, 0.3) is 5.91 Å². The van der Waals surface area contributed by atoms with E-state index in [9.17, 15) is 4.79 Å². The molecule has 1 amide bonds. The Kier molecular flexibility index (Phi) is 5.38. The number of rotatable bonds is 4. The highest BCUT2D eigenvalue weighted by atomic mass is 35.5. The van der Waals surface area contributed by atoms with Crippen LogP contribution in [0.4, 0.5) is 0 Å². The lowest BCUT2D eigenvalue weighted by atomic mass is 9.89. The first kappa shape index (κ1) is 19.6. The van der Waals surface area contributed by atoms with Gasteiger partial charge in [-0.2, -0.15) is 0 Å². The van der Waals surface area contributed by atoms with Crippen molar-refractivity contribution in [1.29, 1.82) is 0 Å². The molecule has 5 heteroatoms. The van der Waals surface area contributed by atoms with E-state index in [1.165, 1.54) is 0 Å². The highest BCUT2D eigenvalue weighted by molar-refractivity contribution is 6.31. The molecule has 3 rings (SSSR count). The van der Waals surface area contributed by atoms with Crippen LogP contribution in [0.15, 0.2) is 36.4 Å². The van der Waals surface area contributed by atoms with Crippen molar-refractivity contribution in [2.45, 2.75) is 58.8 Å². The number of halogens is 1. The topological polar surface area (TPSA) is 47.6 Å². The van der Waals surface area contributed by atoms with Crippen molar-refractivity contribution < 1.29 is 14.3 Å². The van der Waals surface area contributed by atoms with Gasteiger partial charge in [-0.1, -0.05) is 23.7 Å². The lowest BCUT2D eigenvalue weighted by molar-refractivity contribution is -0.128. The monoisotopic (exact) mass is 387 g/mol. The van der Waals surface area contributed by atoms with Crippen molar-refractivity contribution in [2.24, 2.45) is 0 Å². The number of hydrogen-bond acceptors (Lipinski definition) is 3. The van der Waals surface area contributed by atoms with Gasteiger partial charge in [-0.05, 0) is 70.0 Å². The second kappa shape index (κ2) is 7.43. The Labute approximate surface area is 165 Å². The number of hydrogen-bond donors (Lipinski definition) is 1. The van der Waals surface area contributed by atoms with Crippen molar-refractivity contribution in [3.8, 4) is 11.5 Å². The molecule has 0 radical (unpaired) electrons. The van der Waals surface area contributed by atoms with Crippen LogP contribution in [0.2, 0.25) is 5.02 Å². The number of carbonyl (C=O) groups is 1. The Hall–Kier alpha value is -2.20. The quantitative estimate of drug-likeness (QED) is 0.789. The minimum atomic E-state index is -0.620. The van der Waals surface area contributed by atoms with Gasteiger partial charge in [-0.15, -0.1) is 0 Å². The van der Waals surface area contributed by atoms with Gasteiger partial charge in [0.2, 0.25) is 0 Å². The first-order chi connectivity index (χ1) is 12.6. The Morgan fingerprint density at radius 2 is 2.00 bits per heavy atom. The second-order valence-electron chi connectivity index (χ2n) is 7.84. The van der Waals surface area contributed by atoms with Crippen LogP contribution in [0.25, 0.3) is 0 Å². The fraction of sp³-hybridized carbons (Fsp3) is 0.409. The average molecular weight is 388 g/mol. The van der Waals surface area contributed by atoms with E-state index in [4.69, 9.17) is 21.1 Å². The predicted octanol–water partition coefficient (Wildman–Crippen LogP) is 5.14. The Morgan fingerprint density at radius 3 is 2.70 bits per heavy atom. The molecule has 27 heavy (non-hydrogen) atoms. The first-order valence-electron chi connectivity index (χ1n) is 9.17. The number of amides is 1. The fourth-order valence-electron chi connectivity index (χ4n) is 3.32. The molecule has 1 aliphatic rings. The number of aryl methyl sites for hydroxylation is 2. The lowest BCUT2D eigenvalue weighted by Crippen LogP contribution is -2.44. The predicted molar refractivity (Wildman–Crippen MR) is 108 cm³/mol. The van der Waals surface area contributed by atoms with Crippen LogP contribution in [-0.2, 0) is 4.79 Å². The summed E-state index contributed by atoms with van der Waals surface area (Å²) in [7, 11) is 0. The lowest BCUT2D eigenvalue weighted by Gasteiger charge is -2.38. The molecular formula is C22H26ClNO3. The van der Waals surface area contributed by atoms with Gasteiger partial charge in [0.1, 0.15) is 17.1 Å². The van der Waals surface area contributed by atoms with E-state index < -0.39 is 6.10 Å². The van der Waals surface area contributed by atoms with Gasteiger partial charge in [-0.3, -0.25) is 4.79 Å². The van der Waals surface area contributed by atoms with Crippen molar-refractivity contribution in [1.82, 2.24) is 5.32 Å². The summed E-state index contributed by atoms with van der Waals surface area (Å²) in [5.74, 6) is 1.30. The van der Waals surface area contributed by atoms with E-state index in [-0.39, 0.29) is 17.6 Å². The van der Waals surface area contributed by atoms with Crippen molar-refractivity contribution in [3.05, 3.63) is 58.1 Å². The summed E-state index contributed by atoms with van der Waals surface area (Å²) in [6.45, 7) is 9.76. The normalized spacial score (nSPS) is 18.8. The number of ether oxygens (including phenoxy) is 2. The summed E-state index contributed by atoms with van der Waals surface area (Å²) in [5, 5.41) is 3.80. The van der Waals surface area contributed by atoms with Gasteiger partial charge in [-0.25, -0.2) is 0 Å². The first-order valence-corrected chi connectivity index (χ1v) is 9.55. The second-order valence-corrected chi connectivity index (χ2v) is 8.25. The minimum Gasteiger partial charge on any atom is -0.487 e. The van der Waals surface area contributed by atoms with Crippen LogP contribution in [0.5, 0.6) is 11.5 Å². The van der Waals surface area contributed by atoms with E-state index >= 15 is 0 Å². The third-order valence-corrected chi connectivity index (χ3v) is 5.18. The van der Waals surface area contributed by atoms with E-state index in [0.29, 0.717) is 17.2 Å². The zero-order valence-corrected chi connectivity index (χ0v) is 17.2. The molecule has 1 aliphatic heterocycles. The number of carbonyl (C=O) groups excluding carboxylic acids is 1. The molecule has 0 spiro atoms. The van der Waals surface area contributed by atoms with Crippen molar-refractivity contribution in [2.75, 3.05) is 0 Å². The molecule has 0 saturated heterocycles. The minimum absolute atomic E-state index is 0.116. The summed E-state index contributed by atoms with van der Waals surface area (Å²) in [6, 6.07) is 11.4. The van der Waals surface area contributed by atoms with Crippen LogP contribution < -0.4 is 14.8 Å². The van der Waals surface area contributed by atoms with Gasteiger partial charge in [0.05, 0.1) is 6.04 Å². The molecule has 144 valence electrons. The molecular weight excluding hydrogens is 362 g/mol. The van der Waals surface area contributed by atoms with Crippen LogP contribution in [-0.4, -0.2) is 17.6 Å². The van der Waals surface area contributed by atoms with E-state index in [0.717, 1.165) is 22.4 Å². The molecule has 4 nitrogen and oxygen atoms in total. The summed E-state index contributed by atoms with van der Waals surface area (Å²) < 4.78 is 11.9. The van der Waals surface area contributed by atoms with Gasteiger partial charge < -0.3 is 14.8 Å². The molecule has 2 atom stereocenters. The summed E-state index contributed by atoms with van der Waals surface area (Å²) in [5.41, 5.74) is 2.70. The Bertz CT molecular complexity index is 863. The molecule has 0 bridgehead atoms. The molecule has 0 saturated carbocycles. The highest BCUT2D eigenvalue weighted by Gasteiger charge is 2.35. The summed E-state index contributed by atoms with van der Waals surface area (Å²) in [6.07, 6.45) is 0.0760. The van der Waals surface area contributed by atoms with Crippen LogP contribution >= 0.6 is 11.6 Å². The third kappa shape index (κ3) is 4.56. The average Bonchev–Trinajstić information content (AvgIpc) is 2.56. The molecule has 0 aliphatic carbocycles. The summed E-state index contributed by atoms with van der Waals surface area (Å²) >= 11 is 6.05. The zero-order chi connectivity index (χ0) is 19.8. The molecule has 2 aromatic carbocycles. The maximum Gasteiger partial charge on any atom is 0.261 e. The van der Waals surface area contributed by atoms with E-state index in [2.05, 4.69) is 5.32 Å². The number of nitrogens with one attached hydrogen (secondary N) is 1. The van der Waals surface area contributed by atoms with E-state index in [1.54, 1.807) is 19.1 Å². The summed E-state index contributed by atoms with van der Waals surface area (Å²) in [4.78, 5) is 12.8. The Balaban J connectivity index is 1.74. The van der Waals surface area contributed by atoms with Crippen LogP contribution in [0, 0.1) is 13.8 Å². The molecule has 2 aromatic rings. The smallest absolute Gasteiger partial charge is 0.261 e. The standard InChI is InChI=1S/C22H26ClNO3/c1-13-6-8-17-19(12-22(4,5)27-20(17)10-13)24-21(25)15(3)26-16-7-9-18(23)14(2)11-16/h6-11,15,19H,12H2,1-5H3,(H,24,25). The largest absolute Gasteiger partial charge is 0.487 e. The highest BCUT2D eigenvalue weighted by Crippen LogP contribution is 2.40. The molecule has 1 N–H and O–H groups in total. The fourth-order valence-corrected chi connectivity index (χ4v) is 3.44. The number of fused-ring (bicyclic) bond motifs is 1. The van der Waals surface area contributed by atoms with E-state index in [1.807, 2.05) is 52.0 Å².